The first kappa shape index (κ1) is 16.2. The molecule has 1 saturated heterocycles. The Balaban J connectivity index is 2.10. The lowest BCUT2D eigenvalue weighted by atomic mass is 10.1. The molecule has 0 aliphatic carbocycles. The molecular formula is C14H12N2O4S2. The van der Waals surface area contributed by atoms with Crippen molar-refractivity contribution in [3.63, 3.8) is 0 Å². The van der Waals surface area contributed by atoms with E-state index in [0.717, 1.165) is 5.56 Å². The predicted molar refractivity (Wildman–Crippen MR) is 87.3 cm³/mol. The molecule has 1 aromatic rings. The van der Waals surface area contributed by atoms with Gasteiger partial charge in [-0.05, 0) is 23.8 Å². The minimum Gasteiger partial charge on any atom is -0.480 e. The number of carboxylic acid groups (broad SMARTS) is 1. The topological polar surface area (TPSA) is 86.7 Å². The molecule has 1 aromatic carbocycles. The number of benzene rings is 1. The number of hydrogen-bond donors (Lipinski definition) is 2. The fourth-order valence-corrected chi connectivity index (χ4v) is 2.87. The van der Waals surface area contributed by atoms with Crippen molar-refractivity contribution in [2.45, 2.75) is 0 Å². The van der Waals surface area contributed by atoms with E-state index >= 15 is 0 Å². The third-order valence-corrected chi connectivity index (χ3v) is 4.34. The molecule has 1 aliphatic heterocycles. The maximum atomic E-state index is 11.9. The third kappa shape index (κ3) is 3.71. The number of likely N-dealkylation sites (N-methyl/N-ethyl adjacent to an activating group) is 1. The Kier molecular flexibility index (Phi) is 4.94. The molecule has 0 saturated carbocycles. The van der Waals surface area contributed by atoms with Crippen molar-refractivity contribution in [2.75, 3.05) is 13.6 Å². The number of carbonyl (C=O) groups is 3. The Morgan fingerprint density at radius 1 is 1.36 bits per heavy atom. The molecule has 2 rings (SSSR count). The zero-order chi connectivity index (χ0) is 16.3. The Hall–Kier alpha value is -2.19. The van der Waals surface area contributed by atoms with Gasteiger partial charge >= 0.3 is 5.97 Å². The zero-order valence-electron chi connectivity index (χ0n) is 11.5. The van der Waals surface area contributed by atoms with Gasteiger partial charge in [0.05, 0.1) is 4.91 Å². The summed E-state index contributed by atoms with van der Waals surface area (Å²) in [6, 6.07) is 6.49. The van der Waals surface area contributed by atoms with Gasteiger partial charge in [0.15, 0.2) is 0 Å². The molecule has 6 nitrogen and oxygen atoms in total. The number of nitrogens with one attached hydrogen (secondary N) is 1. The molecule has 1 aliphatic rings. The van der Waals surface area contributed by atoms with Gasteiger partial charge in [-0.3, -0.25) is 19.3 Å². The van der Waals surface area contributed by atoms with Crippen LogP contribution in [-0.4, -0.2) is 45.7 Å². The molecule has 8 heteroatoms. The monoisotopic (exact) mass is 336 g/mol. The molecule has 0 spiro atoms. The number of aliphatic carboxylic acids is 1. The van der Waals surface area contributed by atoms with Crippen molar-refractivity contribution in [2.24, 2.45) is 0 Å². The largest absolute Gasteiger partial charge is 0.480 e. The van der Waals surface area contributed by atoms with Crippen molar-refractivity contribution in [3.05, 3.63) is 40.3 Å². The molecule has 0 radical (unpaired) electrons. The number of carboxylic acids is 1. The second-order valence-corrected chi connectivity index (χ2v) is 6.11. The highest BCUT2D eigenvalue weighted by Gasteiger charge is 2.28. The van der Waals surface area contributed by atoms with E-state index in [9.17, 15) is 14.4 Å². The lowest BCUT2D eigenvalue weighted by Gasteiger charge is -2.04. The van der Waals surface area contributed by atoms with E-state index in [4.69, 9.17) is 17.3 Å². The van der Waals surface area contributed by atoms with Crippen LogP contribution in [0.5, 0.6) is 0 Å². The maximum absolute atomic E-state index is 11.9. The van der Waals surface area contributed by atoms with E-state index in [1.807, 2.05) is 0 Å². The fourth-order valence-electron chi connectivity index (χ4n) is 1.69. The number of amides is 2. The fraction of sp³-hybridized carbons (Fsp3) is 0.143. The van der Waals surface area contributed by atoms with Crippen molar-refractivity contribution in [1.82, 2.24) is 10.2 Å². The van der Waals surface area contributed by atoms with Crippen LogP contribution in [0.4, 0.5) is 0 Å². The highest BCUT2D eigenvalue weighted by Crippen LogP contribution is 2.31. The Morgan fingerprint density at radius 3 is 2.50 bits per heavy atom. The quantitative estimate of drug-likeness (QED) is 0.637. The van der Waals surface area contributed by atoms with Crippen LogP contribution in [0.15, 0.2) is 29.2 Å². The number of nitrogens with zero attached hydrogens (tertiary/aromatic N) is 1. The summed E-state index contributed by atoms with van der Waals surface area (Å²) in [5.74, 6) is -1.72. The Labute approximate surface area is 136 Å². The molecule has 22 heavy (non-hydrogen) atoms. The van der Waals surface area contributed by atoms with Gasteiger partial charge in [-0.15, -0.1) is 0 Å². The van der Waals surface area contributed by atoms with Crippen LogP contribution in [-0.2, 0) is 9.59 Å². The lowest BCUT2D eigenvalue weighted by Crippen LogP contribution is -2.29. The second-order valence-electron chi connectivity index (χ2n) is 4.44. The average molecular weight is 336 g/mol. The van der Waals surface area contributed by atoms with Crippen LogP contribution >= 0.6 is 24.0 Å². The zero-order valence-corrected chi connectivity index (χ0v) is 13.2. The van der Waals surface area contributed by atoms with Gasteiger partial charge < -0.3 is 10.4 Å². The van der Waals surface area contributed by atoms with Gasteiger partial charge in [0.25, 0.3) is 11.8 Å². The van der Waals surface area contributed by atoms with Gasteiger partial charge in [-0.2, -0.15) is 0 Å². The van der Waals surface area contributed by atoms with Gasteiger partial charge in [-0.25, -0.2) is 0 Å². The van der Waals surface area contributed by atoms with Crippen molar-refractivity contribution < 1.29 is 19.5 Å². The molecular weight excluding hydrogens is 324 g/mol. The van der Waals surface area contributed by atoms with Gasteiger partial charge in [-0.1, -0.05) is 36.1 Å². The van der Waals surface area contributed by atoms with Crippen LogP contribution in [0.2, 0.25) is 0 Å². The highest BCUT2D eigenvalue weighted by atomic mass is 32.2. The predicted octanol–water partition coefficient (Wildman–Crippen LogP) is 1.33. The molecule has 1 fully saturated rings. The van der Waals surface area contributed by atoms with Crippen molar-refractivity contribution in [1.29, 1.82) is 0 Å². The van der Waals surface area contributed by atoms with Gasteiger partial charge in [0, 0.05) is 12.6 Å². The van der Waals surface area contributed by atoms with E-state index in [1.54, 1.807) is 37.4 Å². The standard InChI is InChI=1S/C14H12N2O4S2/c1-16-13(20)10(22-14(16)21)6-8-2-4-9(5-3-8)12(19)15-7-11(17)18/h2-6H,7H2,1H3,(H,15,19)(H,17,18)/b10-6-. The SMILES string of the molecule is CN1C(=O)/C(=C/c2ccc(C(=O)NCC(=O)O)cc2)SC1=S. The highest BCUT2D eigenvalue weighted by molar-refractivity contribution is 8.26. The average Bonchev–Trinajstić information content (AvgIpc) is 2.73. The second kappa shape index (κ2) is 6.71. The van der Waals surface area contributed by atoms with Crippen molar-refractivity contribution in [3.8, 4) is 0 Å². The summed E-state index contributed by atoms with van der Waals surface area (Å²) >= 11 is 6.27. The Bertz CT molecular complexity index is 683. The van der Waals surface area contributed by atoms with E-state index in [2.05, 4.69) is 5.32 Å². The minimum atomic E-state index is -1.11. The first-order valence-corrected chi connectivity index (χ1v) is 7.42. The minimum absolute atomic E-state index is 0.154. The van der Waals surface area contributed by atoms with E-state index in [-0.39, 0.29) is 5.91 Å². The molecule has 1 heterocycles. The molecule has 2 N–H and O–H groups in total. The number of rotatable bonds is 4. The summed E-state index contributed by atoms with van der Waals surface area (Å²) in [6.07, 6.45) is 1.70. The molecule has 0 aromatic heterocycles. The summed E-state index contributed by atoms with van der Waals surface area (Å²) in [5.41, 5.74) is 1.10. The normalized spacial score (nSPS) is 16.2. The third-order valence-electron chi connectivity index (χ3n) is 2.86. The number of carbonyl (C=O) groups excluding carboxylic acids is 2. The number of hydrogen-bond acceptors (Lipinski definition) is 5. The van der Waals surface area contributed by atoms with Crippen LogP contribution in [0, 0.1) is 0 Å². The summed E-state index contributed by atoms with van der Waals surface area (Å²) in [4.78, 5) is 35.9. The molecule has 2 amide bonds. The van der Waals surface area contributed by atoms with E-state index in [0.29, 0.717) is 14.8 Å². The summed E-state index contributed by atoms with van der Waals surface area (Å²) in [6.45, 7) is -0.431. The maximum Gasteiger partial charge on any atom is 0.322 e. The van der Waals surface area contributed by atoms with Crippen LogP contribution in [0.1, 0.15) is 15.9 Å². The summed E-state index contributed by atoms with van der Waals surface area (Å²) in [7, 11) is 1.62. The van der Waals surface area contributed by atoms with Gasteiger partial charge in [0.2, 0.25) is 0 Å². The smallest absolute Gasteiger partial charge is 0.322 e. The van der Waals surface area contributed by atoms with Crippen molar-refractivity contribution >= 4 is 52.2 Å². The molecule has 114 valence electrons. The van der Waals surface area contributed by atoms with Crippen LogP contribution in [0.3, 0.4) is 0 Å². The lowest BCUT2D eigenvalue weighted by molar-refractivity contribution is -0.135. The molecule has 0 unspecified atom stereocenters. The first-order valence-electron chi connectivity index (χ1n) is 6.20. The molecule has 0 bridgehead atoms. The van der Waals surface area contributed by atoms with Gasteiger partial charge in [0.1, 0.15) is 10.9 Å². The number of thiocarbonyl (C=S) groups is 1. The van der Waals surface area contributed by atoms with Crippen LogP contribution < -0.4 is 5.32 Å². The summed E-state index contributed by atoms with van der Waals surface area (Å²) in [5, 5.41) is 10.8. The Morgan fingerprint density at radius 2 is 2.00 bits per heavy atom. The van der Waals surface area contributed by atoms with E-state index < -0.39 is 18.4 Å². The first-order chi connectivity index (χ1) is 10.4. The molecule has 0 atom stereocenters. The summed E-state index contributed by atoms with van der Waals surface area (Å²) < 4.78 is 0.501. The number of thioether (sulfide) groups is 1. The van der Waals surface area contributed by atoms with E-state index in [1.165, 1.54) is 16.7 Å². The van der Waals surface area contributed by atoms with Crippen LogP contribution in [0.25, 0.3) is 6.08 Å².